The van der Waals surface area contributed by atoms with Crippen molar-refractivity contribution in [2.24, 2.45) is 5.41 Å². The van der Waals surface area contributed by atoms with Crippen LogP contribution < -0.4 is 0 Å². The van der Waals surface area contributed by atoms with Gasteiger partial charge in [-0.1, -0.05) is 0 Å². The van der Waals surface area contributed by atoms with E-state index >= 15 is 0 Å². The first-order chi connectivity index (χ1) is 7.31. The Kier molecular flexibility index (Phi) is 2.72. The molecule has 1 aliphatic heterocycles. The van der Waals surface area contributed by atoms with Crippen molar-refractivity contribution in [1.82, 2.24) is 0 Å². The molecule has 1 heterocycles. The summed E-state index contributed by atoms with van der Waals surface area (Å²) in [6, 6.07) is 0. The van der Waals surface area contributed by atoms with E-state index in [9.17, 15) is 13.2 Å². The third kappa shape index (κ3) is 1.94. The highest BCUT2D eigenvalue weighted by atomic mass is 35.7. The second kappa shape index (κ2) is 3.58. The van der Waals surface area contributed by atoms with E-state index in [1.165, 1.54) is 7.11 Å². The van der Waals surface area contributed by atoms with Gasteiger partial charge in [0.1, 0.15) is 0 Å². The molecular formula is C9H13ClO5S. The zero-order chi connectivity index (χ0) is 12.0. The van der Waals surface area contributed by atoms with E-state index in [1.807, 2.05) is 0 Å². The van der Waals surface area contributed by atoms with E-state index in [-0.39, 0.29) is 18.3 Å². The number of hydrogen-bond acceptors (Lipinski definition) is 5. The van der Waals surface area contributed by atoms with Crippen molar-refractivity contribution in [2.45, 2.75) is 24.9 Å². The van der Waals surface area contributed by atoms with Crippen LogP contribution in [0.15, 0.2) is 0 Å². The lowest BCUT2D eigenvalue weighted by Crippen LogP contribution is -2.34. The molecule has 1 aliphatic carbocycles. The van der Waals surface area contributed by atoms with Crippen LogP contribution in [0.3, 0.4) is 0 Å². The zero-order valence-corrected chi connectivity index (χ0v) is 10.4. The average molecular weight is 269 g/mol. The van der Waals surface area contributed by atoms with Gasteiger partial charge in [-0.25, -0.2) is 8.42 Å². The van der Waals surface area contributed by atoms with Gasteiger partial charge in [0.05, 0.1) is 30.5 Å². The molecule has 0 aromatic heterocycles. The van der Waals surface area contributed by atoms with Gasteiger partial charge in [0.2, 0.25) is 9.05 Å². The molecule has 7 heteroatoms. The fourth-order valence-corrected chi connectivity index (χ4v) is 4.28. The van der Waals surface area contributed by atoms with Gasteiger partial charge in [-0.05, 0) is 19.3 Å². The fourth-order valence-electron chi connectivity index (χ4n) is 2.73. The number of hydrogen-bond donors (Lipinski definition) is 0. The molecule has 2 atom stereocenters. The number of halogens is 1. The highest BCUT2D eigenvalue weighted by molar-refractivity contribution is 8.13. The molecule has 0 aromatic rings. The van der Waals surface area contributed by atoms with E-state index in [4.69, 9.17) is 20.2 Å². The summed E-state index contributed by atoms with van der Waals surface area (Å²) in [5, 5.41) is 0. The van der Waals surface area contributed by atoms with Crippen molar-refractivity contribution < 1.29 is 22.7 Å². The van der Waals surface area contributed by atoms with Gasteiger partial charge in [0.15, 0.2) is 0 Å². The van der Waals surface area contributed by atoms with Crippen LogP contribution >= 0.6 is 10.7 Å². The molecule has 0 aromatic carbocycles. The van der Waals surface area contributed by atoms with Crippen LogP contribution in [0.1, 0.15) is 19.3 Å². The second-order valence-electron chi connectivity index (χ2n) is 4.60. The SMILES string of the molecule is COC(=O)C12CCC(CS(=O)(=O)Cl)(C1)OC2. The lowest BCUT2D eigenvalue weighted by atomic mass is 9.88. The smallest absolute Gasteiger partial charge is 0.314 e. The molecule has 0 radical (unpaired) electrons. The summed E-state index contributed by atoms with van der Waals surface area (Å²) in [5.41, 5.74) is -1.44. The number of carbonyl (C=O) groups is 1. The molecular weight excluding hydrogens is 256 g/mol. The highest BCUT2D eigenvalue weighted by Crippen LogP contribution is 2.54. The monoisotopic (exact) mass is 268 g/mol. The topological polar surface area (TPSA) is 69.7 Å². The van der Waals surface area contributed by atoms with Crippen LogP contribution in [0.4, 0.5) is 0 Å². The molecule has 2 bridgehead atoms. The fraction of sp³-hybridized carbons (Fsp3) is 0.889. The number of fused-ring (bicyclic) bond motifs is 2. The maximum Gasteiger partial charge on any atom is 0.314 e. The largest absolute Gasteiger partial charge is 0.469 e. The second-order valence-corrected chi connectivity index (χ2v) is 7.38. The lowest BCUT2D eigenvalue weighted by Gasteiger charge is -2.26. The predicted molar refractivity (Wildman–Crippen MR) is 56.6 cm³/mol. The Balaban J connectivity index is 2.18. The predicted octanol–water partition coefficient (Wildman–Crippen LogP) is 0.667. The van der Waals surface area contributed by atoms with Gasteiger partial charge in [-0.2, -0.15) is 0 Å². The van der Waals surface area contributed by atoms with Gasteiger partial charge in [-0.3, -0.25) is 4.79 Å². The Morgan fingerprint density at radius 2 is 2.19 bits per heavy atom. The van der Waals surface area contributed by atoms with Crippen molar-refractivity contribution >= 4 is 25.7 Å². The lowest BCUT2D eigenvalue weighted by molar-refractivity contribution is -0.154. The zero-order valence-electron chi connectivity index (χ0n) is 8.86. The number of rotatable bonds is 3. The third-order valence-electron chi connectivity index (χ3n) is 3.43. The molecule has 92 valence electrons. The average Bonchev–Trinajstić information content (AvgIpc) is 2.69. The summed E-state index contributed by atoms with van der Waals surface area (Å²) in [6.07, 6.45) is 1.53. The molecule has 2 fully saturated rings. The Bertz CT molecular complexity index is 408. The summed E-state index contributed by atoms with van der Waals surface area (Å²) in [5.74, 6) is -0.556. The van der Waals surface area contributed by atoms with E-state index < -0.39 is 20.1 Å². The first-order valence-corrected chi connectivity index (χ1v) is 7.44. The van der Waals surface area contributed by atoms with Gasteiger partial charge >= 0.3 is 5.97 Å². The molecule has 2 aliphatic rings. The molecule has 0 amide bonds. The van der Waals surface area contributed by atoms with Crippen molar-refractivity contribution in [1.29, 1.82) is 0 Å². The number of esters is 1. The maximum atomic E-state index is 11.6. The minimum atomic E-state index is -3.62. The molecule has 5 nitrogen and oxygen atoms in total. The third-order valence-corrected chi connectivity index (χ3v) is 4.63. The molecule has 16 heavy (non-hydrogen) atoms. The van der Waals surface area contributed by atoms with Crippen molar-refractivity contribution in [3.8, 4) is 0 Å². The first kappa shape index (κ1) is 12.1. The quantitative estimate of drug-likeness (QED) is 0.556. The Labute approximate surface area is 98.5 Å². The Morgan fingerprint density at radius 3 is 2.62 bits per heavy atom. The van der Waals surface area contributed by atoms with E-state index in [2.05, 4.69) is 0 Å². The van der Waals surface area contributed by atoms with Gasteiger partial charge < -0.3 is 9.47 Å². The van der Waals surface area contributed by atoms with Crippen molar-refractivity contribution in [3.05, 3.63) is 0 Å². The summed E-state index contributed by atoms with van der Waals surface area (Å²) in [6.45, 7) is 0.228. The highest BCUT2D eigenvalue weighted by Gasteiger charge is 2.61. The maximum absolute atomic E-state index is 11.6. The number of carbonyl (C=O) groups excluding carboxylic acids is 1. The summed E-state index contributed by atoms with van der Waals surface area (Å²) < 4.78 is 32.4. The van der Waals surface area contributed by atoms with Crippen LogP contribution in [0.2, 0.25) is 0 Å². The standard InChI is InChI=1S/C9H13ClO5S/c1-14-7(11)8-2-3-9(4-8,15-5-8)6-16(10,12)13/h2-6H2,1H3. The Hall–Kier alpha value is -0.330. The van der Waals surface area contributed by atoms with Crippen LogP contribution in [-0.2, 0) is 23.3 Å². The van der Waals surface area contributed by atoms with Crippen LogP contribution in [0, 0.1) is 5.41 Å². The Morgan fingerprint density at radius 1 is 1.50 bits per heavy atom. The minimum Gasteiger partial charge on any atom is -0.469 e. The van der Waals surface area contributed by atoms with E-state index in [0.717, 1.165) is 0 Å². The van der Waals surface area contributed by atoms with E-state index in [0.29, 0.717) is 19.3 Å². The summed E-state index contributed by atoms with van der Waals surface area (Å²) in [7, 11) is 2.95. The number of ether oxygens (including phenoxy) is 2. The van der Waals surface area contributed by atoms with Gasteiger partial charge in [0, 0.05) is 10.7 Å². The molecule has 1 saturated heterocycles. The normalized spacial score (nSPS) is 37.6. The summed E-state index contributed by atoms with van der Waals surface area (Å²) in [4.78, 5) is 11.6. The molecule has 2 unspecified atom stereocenters. The first-order valence-electron chi connectivity index (χ1n) is 4.96. The molecule has 0 N–H and O–H groups in total. The van der Waals surface area contributed by atoms with Crippen LogP contribution in [-0.4, -0.2) is 39.5 Å². The van der Waals surface area contributed by atoms with Crippen LogP contribution in [0.5, 0.6) is 0 Å². The van der Waals surface area contributed by atoms with Crippen molar-refractivity contribution in [3.63, 3.8) is 0 Å². The molecule has 2 rings (SSSR count). The van der Waals surface area contributed by atoms with Gasteiger partial charge in [0.25, 0.3) is 0 Å². The van der Waals surface area contributed by atoms with Crippen LogP contribution in [0.25, 0.3) is 0 Å². The van der Waals surface area contributed by atoms with Crippen molar-refractivity contribution in [2.75, 3.05) is 19.5 Å². The van der Waals surface area contributed by atoms with Gasteiger partial charge in [-0.15, -0.1) is 0 Å². The number of methoxy groups -OCH3 is 1. The van der Waals surface area contributed by atoms with E-state index in [1.54, 1.807) is 0 Å². The molecule has 1 saturated carbocycles. The molecule has 0 spiro atoms. The minimum absolute atomic E-state index is 0.228. The summed E-state index contributed by atoms with van der Waals surface area (Å²) >= 11 is 0.